The predicted octanol–water partition coefficient (Wildman–Crippen LogP) is 4.92. The van der Waals surface area contributed by atoms with Crippen molar-refractivity contribution in [2.45, 2.75) is 64.6 Å². The van der Waals surface area contributed by atoms with Crippen LogP contribution in [0.5, 0.6) is 5.75 Å². The molecule has 0 bridgehead atoms. The van der Waals surface area contributed by atoms with Crippen LogP contribution in [0.15, 0.2) is 48.1 Å². The number of hydrogen-bond donors (Lipinski definition) is 0. The van der Waals surface area contributed by atoms with E-state index >= 15 is 0 Å². The molecule has 0 amide bonds. The molecule has 1 aliphatic rings. The van der Waals surface area contributed by atoms with E-state index < -0.39 is 0 Å². The number of aromatic nitrogens is 4. The Morgan fingerprint density at radius 1 is 1.26 bits per heavy atom. The smallest absolute Gasteiger partial charge is 0.192 e. The van der Waals surface area contributed by atoms with E-state index in [1.54, 1.807) is 6.08 Å². The van der Waals surface area contributed by atoms with Gasteiger partial charge in [0.25, 0.3) is 0 Å². The summed E-state index contributed by atoms with van der Waals surface area (Å²) >= 11 is 1.39. The number of carbonyl (C=O) groups excluding carboxylic acids is 1. The molecule has 8 heteroatoms. The molecule has 0 radical (unpaired) electrons. The number of ketones is 1. The fraction of sp³-hybridized carbons (Fsp3) is 0.423. The van der Waals surface area contributed by atoms with Gasteiger partial charge in [-0.05, 0) is 57.4 Å². The highest BCUT2D eigenvalue weighted by molar-refractivity contribution is 7.99. The molecule has 1 aliphatic heterocycles. The first-order valence-corrected chi connectivity index (χ1v) is 12.6. The summed E-state index contributed by atoms with van der Waals surface area (Å²) in [6.07, 6.45) is 4.21. The second kappa shape index (κ2) is 11.1. The van der Waals surface area contributed by atoms with Crippen molar-refractivity contribution in [1.82, 2.24) is 19.3 Å². The number of carbonyl (C=O) groups is 1. The number of nitrogens with zero attached hydrogens (tertiary/aromatic N) is 4. The number of benzene rings is 1. The molecule has 0 saturated carbocycles. The molecule has 4 rings (SSSR count). The number of aryl methyl sites for hydroxylation is 2. The average molecular weight is 481 g/mol. The van der Waals surface area contributed by atoms with Gasteiger partial charge in [0.15, 0.2) is 16.8 Å². The van der Waals surface area contributed by atoms with Crippen molar-refractivity contribution in [2.75, 3.05) is 12.4 Å². The number of allylic oxidation sites excluding steroid dienone is 1. The van der Waals surface area contributed by atoms with Crippen molar-refractivity contribution in [2.24, 2.45) is 0 Å². The lowest BCUT2D eigenvalue weighted by atomic mass is 10.2. The Bertz CT molecular complexity index is 1160. The lowest BCUT2D eigenvalue weighted by molar-refractivity contribution is 0.0957. The minimum absolute atomic E-state index is 0.0856. The van der Waals surface area contributed by atoms with Crippen LogP contribution in [-0.2, 0) is 24.4 Å². The van der Waals surface area contributed by atoms with Crippen LogP contribution >= 0.6 is 11.8 Å². The Labute approximate surface area is 205 Å². The molecular formula is C26H32N4O3S. The summed E-state index contributed by atoms with van der Waals surface area (Å²) in [6, 6.07) is 9.88. The van der Waals surface area contributed by atoms with Gasteiger partial charge in [-0.3, -0.25) is 9.36 Å². The molecule has 180 valence electrons. The fourth-order valence-electron chi connectivity index (χ4n) is 4.26. The minimum atomic E-state index is 0.0856. The van der Waals surface area contributed by atoms with Gasteiger partial charge >= 0.3 is 0 Å². The summed E-state index contributed by atoms with van der Waals surface area (Å²) in [5.41, 5.74) is 3.99. The van der Waals surface area contributed by atoms with Crippen LogP contribution in [0, 0.1) is 20.8 Å². The zero-order valence-corrected chi connectivity index (χ0v) is 20.9. The monoisotopic (exact) mass is 480 g/mol. The summed E-state index contributed by atoms with van der Waals surface area (Å²) in [4.78, 5) is 13.1. The Morgan fingerprint density at radius 2 is 2.12 bits per heavy atom. The van der Waals surface area contributed by atoms with Crippen LogP contribution in [0.2, 0.25) is 0 Å². The normalized spacial score (nSPS) is 15.6. The zero-order chi connectivity index (χ0) is 24.1. The molecule has 1 aromatic carbocycles. The summed E-state index contributed by atoms with van der Waals surface area (Å²) in [7, 11) is 0. The summed E-state index contributed by atoms with van der Waals surface area (Å²) in [6.45, 7) is 12.4. The van der Waals surface area contributed by atoms with Gasteiger partial charge < -0.3 is 14.0 Å². The predicted molar refractivity (Wildman–Crippen MR) is 134 cm³/mol. The van der Waals surface area contributed by atoms with Gasteiger partial charge in [0.2, 0.25) is 0 Å². The number of rotatable bonds is 11. The molecule has 0 spiro atoms. The molecule has 1 unspecified atom stereocenters. The van der Waals surface area contributed by atoms with Gasteiger partial charge in [0, 0.05) is 36.6 Å². The SMILES string of the molecule is C=CCn1c(COc2cccc(C)c2)nnc1SCC(=O)c1cc(C)n(CC2CCCO2)c1C. The molecule has 0 aliphatic carbocycles. The topological polar surface area (TPSA) is 71.2 Å². The minimum Gasteiger partial charge on any atom is -0.486 e. The number of thioether (sulfide) groups is 1. The van der Waals surface area contributed by atoms with Gasteiger partial charge in [0.05, 0.1) is 11.9 Å². The highest BCUT2D eigenvalue weighted by Gasteiger charge is 2.22. The molecular weight excluding hydrogens is 448 g/mol. The quantitative estimate of drug-likeness (QED) is 0.220. The molecule has 1 fully saturated rings. The maximum Gasteiger partial charge on any atom is 0.192 e. The number of ether oxygens (including phenoxy) is 2. The van der Waals surface area contributed by atoms with Crippen LogP contribution in [-0.4, -0.2) is 43.6 Å². The van der Waals surface area contributed by atoms with Crippen molar-refractivity contribution in [1.29, 1.82) is 0 Å². The van der Waals surface area contributed by atoms with Crippen molar-refractivity contribution in [3.8, 4) is 5.75 Å². The van der Waals surface area contributed by atoms with E-state index in [-0.39, 0.29) is 17.6 Å². The summed E-state index contributed by atoms with van der Waals surface area (Å²) in [5, 5.41) is 9.31. The second-order valence-corrected chi connectivity index (χ2v) is 9.59. The van der Waals surface area contributed by atoms with Crippen LogP contribution in [0.3, 0.4) is 0 Å². The first-order chi connectivity index (χ1) is 16.5. The number of Topliss-reactive ketones (excluding diaryl/α,β-unsaturated/α-hetero) is 1. The molecule has 3 aromatic rings. The molecule has 7 nitrogen and oxygen atoms in total. The highest BCUT2D eigenvalue weighted by atomic mass is 32.2. The lowest BCUT2D eigenvalue weighted by Gasteiger charge is -2.14. The van der Waals surface area contributed by atoms with E-state index in [9.17, 15) is 4.79 Å². The Balaban J connectivity index is 1.41. The van der Waals surface area contributed by atoms with Gasteiger partial charge in [-0.15, -0.1) is 16.8 Å². The highest BCUT2D eigenvalue weighted by Crippen LogP contribution is 2.24. The van der Waals surface area contributed by atoms with Crippen LogP contribution in [0.4, 0.5) is 0 Å². The van der Waals surface area contributed by atoms with Crippen LogP contribution in [0.25, 0.3) is 0 Å². The van der Waals surface area contributed by atoms with Crippen molar-refractivity contribution >= 4 is 17.5 Å². The third-order valence-corrected chi connectivity index (χ3v) is 7.05. The van der Waals surface area contributed by atoms with Gasteiger partial charge in [-0.25, -0.2) is 0 Å². The molecule has 3 heterocycles. The summed E-state index contributed by atoms with van der Waals surface area (Å²) in [5.74, 6) is 1.86. The maximum atomic E-state index is 13.1. The standard InChI is InChI=1S/C26H32N4O3S/c1-5-11-29-25(16-33-21-9-6-8-18(2)13-21)27-28-26(29)34-17-24(31)23-14-19(3)30(20(23)4)15-22-10-7-12-32-22/h5-6,8-9,13-14,22H,1,7,10-12,15-17H2,2-4H3. The van der Waals surface area contributed by atoms with Crippen molar-refractivity contribution < 1.29 is 14.3 Å². The van der Waals surface area contributed by atoms with E-state index in [4.69, 9.17) is 9.47 Å². The Kier molecular flexibility index (Phi) is 7.90. The van der Waals surface area contributed by atoms with E-state index in [2.05, 4.69) is 21.3 Å². The molecule has 1 atom stereocenters. The Morgan fingerprint density at radius 3 is 2.85 bits per heavy atom. The average Bonchev–Trinajstić information content (AvgIpc) is 3.53. The van der Waals surface area contributed by atoms with Crippen LogP contribution < -0.4 is 4.74 Å². The summed E-state index contributed by atoms with van der Waals surface area (Å²) < 4.78 is 15.8. The first kappa shape index (κ1) is 24.3. The lowest BCUT2D eigenvalue weighted by Crippen LogP contribution is -2.17. The van der Waals surface area contributed by atoms with Gasteiger partial charge in [-0.2, -0.15) is 0 Å². The number of hydrogen-bond acceptors (Lipinski definition) is 6. The van der Waals surface area contributed by atoms with Crippen LogP contribution in [0.1, 0.15) is 46.0 Å². The molecule has 0 N–H and O–H groups in total. The van der Waals surface area contributed by atoms with E-state index in [0.717, 1.165) is 54.3 Å². The Hall–Kier alpha value is -2.84. The molecule has 1 saturated heterocycles. The third-order valence-electron chi connectivity index (χ3n) is 6.08. The molecule has 2 aromatic heterocycles. The van der Waals surface area contributed by atoms with Gasteiger partial charge in [0.1, 0.15) is 12.4 Å². The maximum absolute atomic E-state index is 13.1. The largest absolute Gasteiger partial charge is 0.486 e. The van der Waals surface area contributed by atoms with E-state index in [1.807, 2.05) is 55.7 Å². The first-order valence-electron chi connectivity index (χ1n) is 11.6. The zero-order valence-electron chi connectivity index (χ0n) is 20.1. The second-order valence-electron chi connectivity index (χ2n) is 8.65. The van der Waals surface area contributed by atoms with Crippen molar-refractivity contribution in [3.63, 3.8) is 0 Å². The van der Waals surface area contributed by atoms with E-state index in [1.165, 1.54) is 11.8 Å². The van der Waals surface area contributed by atoms with E-state index in [0.29, 0.717) is 24.1 Å². The third kappa shape index (κ3) is 5.62. The van der Waals surface area contributed by atoms with Gasteiger partial charge in [-0.1, -0.05) is 30.0 Å². The molecule has 34 heavy (non-hydrogen) atoms. The fourth-order valence-corrected chi connectivity index (χ4v) is 5.11. The van der Waals surface area contributed by atoms with Crippen molar-refractivity contribution in [3.05, 3.63) is 71.3 Å².